The van der Waals surface area contributed by atoms with E-state index in [2.05, 4.69) is 4.98 Å². The first-order valence-corrected chi connectivity index (χ1v) is 18.2. The van der Waals surface area contributed by atoms with Crippen molar-refractivity contribution in [3.63, 3.8) is 0 Å². The number of aromatic nitrogens is 1. The molecule has 0 bridgehead atoms. The van der Waals surface area contributed by atoms with Crippen LogP contribution in [0.4, 0.5) is 5.00 Å². The number of thiazole rings is 1. The Kier molecular flexibility index (Phi) is 10.8. The molecule has 0 radical (unpaired) electrons. The minimum Gasteiger partial charge on any atom is -0.458 e. The molecule has 8 atom stereocenters. The number of carbonyl (C=O) groups excluding carboxylic acids is 2. The number of aliphatic hydroxyl groups is 2. The highest BCUT2D eigenvalue weighted by Gasteiger charge is 2.57. The molecule has 2 aliphatic heterocycles. The number of nitrogens with zero attached hydrogens (tertiary/aromatic N) is 3. The molecular formula is C31H45N3O7S3. The van der Waals surface area contributed by atoms with Crippen molar-refractivity contribution in [3.05, 3.63) is 39.2 Å². The smallest absolute Gasteiger partial charge is 0.309 e. The molecule has 44 heavy (non-hydrogen) atoms. The van der Waals surface area contributed by atoms with E-state index in [-0.39, 0.29) is 24.2 Å². The first kappa shape index (κ1) is 34.7. The third kappa shape index (κ3) is 7.45. The van der Waals surface area contributed by atoms with Crippen LogP contribution in [0.1, 0.15) is 77.4 Å². The van der Waals surface area contributed by atoms with E-state index < -0.39 is 58.3 Å². The first-order valence-electron chi connectivity index (χ1n) is 15.1. The van der Waals surface area contributed by atoms with Gasteiger partial charge in [0.15, 0.2) is 0 Å². The molecule has 2 fully saturated rings. The number of aliphatic hydroxyl groups excluding tert-OH is 2. The lowest BCUT2D eigenvalue weighted by molar-refractivity contribution is -0.154. The fourth-order valence-corrected chi connectivity index (χ4v) is 9.35. The van der Waals surface area contributed by atoms with Crippen molar-refractivity contribution in [2.24, 2.45) is 17.3 Å². The Morgan fingerprint density at radius 2 is 1.89 bits per heavy atom. The number of fused-ring (bicyclic) bond motifs is 1. The second-order valence-corrected chi connectivity index (χ2v) is 16.6. The molecule has 2 N–H and O–H groups in total. The molecular weight excluding hydrogens is 623 g/mol. The Hall–Kier alpha value is -2.16. The number of hydrogen-bond donors (Lipinski definition) is 2. The number of carbonyl (C=O) groups is 2. The quantitative estimate of drug-likeness (QED) is 0.342. The van der Waals surface area contributed by atoms with Gasteiger partial charge in [-0.05, 0) is 61.8 Å². The normalized spacial score (nSPS) is 32.5. The van der Waals surface area contributed by atoms with Gasteiger partial charge >= 0.3 is 16.2 Å². The Morgan fingerprint density at radius 3 is 2.50 bits per heavy atom. The van der Waals surface area contributed by atoms with Crippen LogP contribution in [-0.4, -0.2) is 77.1 Å². The number of ketones is 1. The summed E-state index contributed by atoms with van der Waals surface area (Å²) in [4.78, 5) is 31.2. The number of Topliss-reactive ketones (excluding diaryl/α,β-unsaturated/α-hetero) is 1. The highest BCUT2D eigenvalue weighted by atomic mass is 32.2. The average molecular weight is 668 g/mol. The van der Waals surface area contributed by atoms with Crippen LogP contribution in [0.3, 0.4) is 0 Å². The van der Waals surface area contributed by atoms with Crippen LogP contribution in [-0.2, 0) is 24.5 Å². The van der Waals surface area contributed by atoms with E-state index in [1.807, 2.05) is 37.6 Å². The Morgan fingerprint density at radius 1 is 1.18 bits per heavy atom. The first-order chi connectivity index (χ1) is 20.5. The van der Waals surface area contributed by atoms with E-state index in [4.69, 9.17) is 4.74 Å². The Balaban J connectivity index is 1.69. The van der Waals surface area contributed by atoms with Gasteiger partial charge in [-0.1, -0.05) is 34.1 Å². The molecule has 2 aromatic rings. The minimum absolute atomic E-state index is 0.227. The molecule has 0 amide bonds. The predicted molar refractivity (Wildman–Crippen MR) is 174 cm³/mol. The van der Waals surface area contributed by atoms with Gasteiger partial charge in [0, 0.05) is 36.9 Å². The van der Waals surface area contributed by atoms with Gasteiger partial charge in [-0.25, -0.2) is 4.98 Å². The molecule has 13 heteroatoms. The maximum absolute atomic E-state index is 13.9. The Bertz CT molecular complexity index is 1450. The lowest BCUT2D eigenvalue weighted by Gasteiger charge is -2.34. The summed E-state index contributed by atoms with van der Waals surface area (Å²) in [7, 11) is -2.34. The van der Waals surface area contributed by atoms with Gasteiger partial charge in [0.2, 0.25) is 0 Å². The molecule has 10 nitrogen and oxygen atoms in total. The van der Waals surface area contributed by atoms with E-state index in [0.717, 1.165) is 10.7 Å². The molecule has 0 aliphatic carbocycles. The summed E-state index contributed by atoms with van der Waals surface area (Å²) < 4.78 is 36.4. The zero-order valence-corrected chi connectivity index (χ0v) is 28.9. The average Bonchev–Trinajstić information content (AvgIpc) is 3.26. The number of ether oxygens (including phenoxy) is 1. The third-order valence-corrected chi connectivity index (χ3v) is 13.0. The zero-order valence-electron chi connectivity index (χ0n) is 26.5. The van der Waals surface area contributed by atoms with E-state index in [0.29, 0.717) is 29.8 Å². The fraction of sp³-hybridized carbons (Fsp3) is 0.645. The highest BCUT2D eigenvalue weighted by Crippen LogP contribution is 2.43. The number of anilines is 1. The molecule has 4 rings (SSSR count). The minimum atomic E-state index is -3.88. The summed E-state index contributed by atoms with van der Waals surface area (Å²) in [5.74, 6) is -2.01. The van der Waals surface area contributed by atoms with Gasteiger partial charge in [0.1, 0.15) is 16.9 Å². The van der Waals surface area contributed by atoms with E-state index in [1.165, 1.54) is 38.3 Å². The van der Waals surface area contributed by atoms with Crippen molar-refractivity contribution in [1.82, 2.24) is 9.29 Å². The summed E-state index contributed by atoms with van der Waals surface area (Å²) in [5, 5.41) is 27.3. The van der Waals surface area contributed by atoms with Crippen molar-refractivity contribution in [3.8, 4) is 0 Å². The van der Waals surface area contributed by atoms with E-state index in [1.54, 1.807) is 32.9 Å². The van der Waals surface area contributed by atoms with Crippen LogP contribution in [0.2, 0.25) is 0 Å². The molecule has 2 aromatic heterocycles. The van der Waals surface area contributed by atoms with Gasteiger partial charge < -0.3 is 14.9 Å². The fourth-order valence-electron chi connectivity index (χ4n) is 6.09. The van der Waals surface area contributed by atoms with E-state index >= 15 is 0 Å². The van der Waals surface area contributed by atoms with Crippen LogP contribution >= 0.6 is 22.7 Å². The SMILES string of the molecule is CC(=Cc1csc(C)n1)C1CC2[C@@H](CCC[C@H](C)[C@H](O)[C@@H](C)C(=O)C(C)(C)[C@@H](O)CC(=O)O1)N2S(=O)(=O)N(C)c1cccs1. The molecule has 4 heterocycles. The number of rotatable bonds is 5. The van der Waals surface area contributed by atoms with Crippen LogP contribution in [0, 0.1) is 24.2 Å². The number of thiophene rings is 1. The van der Waals surface area contributed by atoms with Gasteiger partial charge in [-0.15, -0.1) is 22.7 Å². The zero-order chi connectivity index (χ0) is 32.6. The number of esters is 1. The molecule has 2 saturated heterocycles. The van der Waals surface area contributed by atoms with Crippen LogP contribution in [0.15, 0.2) is 28.5 Å². The summed E-state index contributed by atoms with van der Waals surface area (Å²) in [6.45, 7) is 10.4. The van der Waals surface area contributed by atoms with Crippen LogP contribution in [0.25, 0.3) is 6.08 Å². The molecule has 244 valence electrons. The maximum Gasteiger partial charge on any atom is 0.309 e. The third-order valence-electron chi connectivity index (χ3n) is 9.18. The highest BCUT2D eigenvalue weighted by molar-refractivity contribution is 7.91. The van der Waals surface area contributed by atoms with Gasteiger partial charge in [0.25, 0.3) is 0 Å². The maximum atomic E-state index is 13.9. The summed E-state index contributed by atoms with van der Waals surface area (Å²) >= 11 is 2.83. The van der Waals surface area contributed by atoms with Crippen molar-refractivity contribution in [2.45, 2.75) is 104 Å². The van der Waals surface area contributed by atoms with Gasteiger partial charge in [-0.2, -0.15) is 12.7 Å². The summed E-state index contributed by atoms with van der Waals surface area (Å²) in [6, 6.07) is 2.81. The lowest BCUT2D eigenvalue weighted by Crippen LogP contribution is -2.45. The molecule has 3 unspecified atom stereocenters. The summed E-state index contributed by atoms with van der Waals surface area (Å²) in [6.07, 6.45) is 0.377. The second kappa shape index (κ2) is 13.7. The van der Waals surface area contributed by atoms with Crippen molar-refractivity contribution >= 4 is 55.7 Å². The van der Waals surface area contributed by atoms with Gasteiger partial charge in [-0.3, -0.25) is 13.9 Å². The monoisotopic (exact) mass is 667 g/mol. The van der Waals surface area contributed by atoms with E-state index in [9.17, 15) is 28.2 Å². The van der Waals surface area contributed by atoms with Crippen molar-refractivity contribution in [1.29, 1.82) is 0 Å². The number of cyclic esters (lactones) is 1. The molecule has 0 aromatic carbocycles. The topological polar surface area (TPSA) is 137 Å². The Labute approximate surface area is 268 Å². The number of hydrogen-bond acceptors (Lipinski definition) is 10. The van der Waals surface area contributed by atoms with Crippen molar-refractivity contribution < 1.29 is 33.0 Å². The predicted octanol–water partition coefficient (Wildman–Crippen LogP) is 4.82. The molecule has 2 aliphatic rings. The van der Waals surface area contributed by atoms with Crippen LogP contribution < -0.4 is 4.31 Å². The lowest BCUT2D eigenvalue weighted by atomic mass is 9.73. The van der Waals surface area contributed by atoms with Gasteiger partial charge in [0.05, 0.1) is 34.7 Å². The van der Waals surface area contributed by atoms with Crippen LogP contribution in [0.5, 0.6) is 0 Å². The standard InChI is InChI=1S/C31H45N3O7S3/c1-18-10-8-11-23-24(34(23)44(39,40)33(7)27-12-9-13-42-27)15-25(19(2)14-22-17-43-21(4)32-22)41-28(36)16-26(35)31(5,6)30(38)20(3)29(18)37/h9,12-14,17-18,20,23-26,29,35,37H,8,10-11,15-16H2,1-7H3/t18-,20+,23+,24?,25?,26-,29-,34?/m0/s1. The van der Waals surface area contributed by atoms with Crippen molar-refractivity contribution in [2.75, 3.05) is 11.4 Å². The summed E-state index contributed by atoms with van der Waals surface area (Å²) in [5.41, 5.74) is 0.124. The molecule has 0 saturated carbocycles. The largest absolute Gasteiger partial charge is 0.458 e. The second-order valence-electron chi connectivity index (χ2n) is 12.8. The number of aryl methyl sites for hydroxylation is 1. The molecule has 0 spiro atoms.